The third-order valence-electron chi connectivity index (χ3n) is 2.25. The third-order valence-corrected chi connectivity index (χ3v) is 2.25. The van der Waals surface area contributed by atoms with Crippen molar-refractivity contribution in [1.82, 2.24) is 0 Å². The average molecular weight is 188 g/mol. The summed E-state index contributed by atoms with van der Waals surface area (Å²) >= 11 is 0. The van der Waals surface area contributed by atoms with E-state index in [0.717, 1.165) is 5.57 Å². The molecule has 0 bridgehead atoms. The van der Waals surface area contributed by atoms with Gasteiger partial charge in [0.1, 0.15) is 0 Å². The minimum atomic E-state index is 0. The first-order valence-corrected chi connectivity index (χ1v) is 4.54. The van der Waals surface area contributed by atoms with Crippen LogP contribution in [0.25, 0.3) is 5.57 Å². The van der Waals surface area contributed by atoms with Crippen LogP contribution in [0.1, 0.15) is 31.0 Å². The van der Waals surface area contributed by atoms with E-state index >= 15 is 0 Å². The molecule has 0 amide bonds. The summed E-state index contributed by atoms with van der Waals surface area (Å²) in [5.74, 6) is 0. The maximum Gasteiger partial charge on any atom is -0.0187 e. The molecule has 0 heterocycles. The number of hydrogen-bond acceptors (Lipinski definition) is 0. The molecule has 0 aromatic heterocycles. The monoisotopic (exact) mass is 188 g/mol. The Hall–Kier alpha value is -1.30. The van der Waals surface area contributed by atoms with Crippen LogP contribution < -0.4 is 0 Å². The van der Waals surface area contributed by atoms with Crippen molar-refractivity contribution in [3.05, 3.63) is 53.6 Å². The van der Waals surface area contributed by atoms with Gasteiger partial charge in [0.15, 0.2) is 0 Å². The number of benzene rings is 1. The zero-order valence-electron chi connectivity index (χ0n) is 8.59. The van der Waals surface area contributed by atoms with Crippen molar-refractivity contribution in [3.63, 3.8) is 0 Å². The highest BCUT2D eigenvalue weighted by molar-refractivity contribution is 5.72. The lowest BCUT2D eigenvalue weighted by atomic mass is 10.0. The molecular weight excluding hydrogens is 168 g/mol. The van der Waals surface area contributed by atoms with E-state index in [4.69, 9.17) is 0 Å². The predicted molar refractivity (Wildman–Crippen MR) is 66.5 cm³/mol. The number of aryl methyl sites for hydroxylation is 2. The molecule has 1 aromatic carbocycles. The second-order valence-electron chi connectivity index (χ2n) is 3.32. The first-order valence-electron chi connectivity index (χ1n) is 4.54. The van der Waals surface area contributed by atoms with Crippen molar-refractivity contribution in [2.24, 2.45) is 0 Å². The number of rotatable bonds is 2. The van der Waals surface area contributed by atoms with Crippen molar-refractivity contribution in [3.8, 4) is 0 Å². The Labute approximate surface area is 88.0 Å². The minimum Gasteiger partial charge on any atom is -0.0912 e. The summed E-state index contributed by atoms with van der Waals surface area (Å²) in [5, 5.41) is 0. The van der Waals surface area contributed by atoms with E-state index < -0.39 is 0 Å². The Morgan fingerprint density at radius 1 is 1.21 bits per heavy atom. The topological polar surface area (TPSA) is 0 Å². The molecule has 0 saturated heterocycles. The number of allylic oxidation sites excluding steroid dienone is 3. The van der Waals surface area contributed by atoms with E-state index in [9.17, 15) is 0 Å². The Morgan fingerprint density at radius 2 is 1.86 bits per heavy atom. The lowest BCUT2D eigenvalue weighted by Crippen LogP contribution is -1.84. The van der Waals surface area contributed by atoms with E-state index in [1.54, 1.807) is 0 Å². The second-order valence-corrected chi connectivity index (χ2v) is 3.32. The molecule has 0 aliphatic heterocycles. The second kappa shape index (κ2) is 5.43. The van der Waals surface area contributed by atoms with Crippen LogP contribution in [0.5, 0.6) is 0 Å². The molecule has 0 fully saturated rings. The summed E-state index contributed by atoms with van der Waals surface area (Å²) in [6.45, 7) is 10.3. The summed E-state index contributed by atoms with van der Waals surface area (Å²) in [5.41, 5.74) is 4.94. The fourth-order valence-corrected chi connectivity index (χ4v) is 1.24. The van der Waals surface area contributed by atoms with Crippen LogP contribution in [0.4, 0.5) is 0 Å². The molecule has 0 nitrogen and oxygen atoms in total. The first kappa shape index (κ1) is 12.7. The van der Waals surface area contributed by atoms with Crippen LogP contribution in [0.3, 0.4) is 0 Å². The highest BCUT2D eigenvalue weighted by Gasteiger charge is 1.97. The quantitative estimate of drug-likeness (QED) is 0.598. The van der Waals surface area contributed by atoms with Gasteiger partial charge in [-0.2, -0.15) is 0 Å². The molecule has 0 unspecified atom stereocenters. The smallest absolute Gasteiger partial charge is 0.0187 e. The van der Waals surface area contributed by atoms with Crippen molar-refractivity contribution in [1.29, 1.82) is 0 Å². The largest absolute Gasteiger partial charge is 0.0912 e. The molecule has 0 aliphatic carbocycles. The third kappa shape index (κ3) is 2.88. The van der Waals surface area contributed by atoms with Gasteiger partial charge in [0.05, 0.1) is 0 Å². The van der Waals surface area contributed by atoms with E-state index in [1.807, 2.05) is 19.1 Å². The van der Waals surface area contributed by atoms with Crippen LogP contribution in [-0.4, -0.2) is 0 Å². The van der Waals surface area contributed by atoms with Crippen molar-refractivity contribution in [2.45, 2.75) is 28.2 Å². The molecule has 14 heavy (non-hydrogen) atoms. The molecule has 0 radical (unpaired) electrons. The van der Waals surface area contributed by atoms with Gasteiger partial charge in [0.25, 0.3) is 0 Å². The molecule has 0 spiro atoms. The average Bonchev–Trinajstić information content (AvgIpc) is 2.10. The lowest BCUT2D eigenvalue weighted by molar-refractivity contribution is 1.33. The van der Waals surface area contributed by atoms with Gasteiger partial charge in [-0.25, -0.2) is 0 Å². The maximum atomic E-state index is 4.00. The van der Waals surface area contributed by atoms with Gasteiger partial charge in [-0.3, -0.25) is 0 Å². The van der Waals surface area contributed by atoms with Crippen molar-refractivity contribution >= 4 is 5.57 Å². The predicted octanol–water partition coefficient (Wildman–Crippen LogP) is 4.53. The van der Waals surface area contributed by atoms with Crippen molar-refractivity contribution in [2.75, 3.05) is 0 Å². The standard InChI is InChI=1S/C13H16.CH4/c1-5-6-11(3)13-8-7-10(2)12(4)9-13;/h5-9H,3H2,1-2,4H3;1H4/b6-5+;. The van der Waals surface area contributed by atoms with Gasteiger partial charge in [-0.05, 0) is 43.0 Å². The van der Waals surface area contributed by atoms with Crippen LogP contribution in [0.2, 0.25) is 0 Å². The molecule has 0 saturated carbocycles. The van der Waals surface area contributed by atoms with E-state index in [0.29, 0.717) is 0 Å². The van der Waals surface area contributed by atoms with Crippen LogP contribution in [0, 0.1) is 13.8 Å². The Bertz CT molecular complexity index is 343. The van der Waals surface area contributed by atoms with Gasteiger partial charge < -0.3 is 0 Å². The van der Waals surface area contributed by atoms with Crippen LogP contribution in [0.15, 0.2) is 36.9 Å². The fourth-order valence-electron chi connectivity index (χ4n) is 1.24. The molecule has 0 atom stereocenters. The minimum absolute atomic E-state index is 0. The zero-order valence-corrected chi connectivity index (χ0v) is 8.59. The maximum absolute atomic E-state index is 4.00. The van der Waals surface area contributed by atoms with Gasteiger partial charge in [-0.1, -0.05) is 44.4 Å². The summed E-state index contributed by atoms with van der Waals surface area (Å²) < 4.78 is 0. The first-order chi connectivity index (χ1) is 6.15. The molecule has 0 heteroatoms. The molecule has 1 aromatic rings. The van der Waals surface area contributed by atoms with E-state index in [2.05, 4.69) is 38.6 Å². The van der Waals surface area contributed by atoms with E-state index in [1.165, 1.54) is 16.7 Å². The summed E-state index contributed by atoms with van der Waals surface area (Å²) in [7, 11) is 0. The van der Waals surface area contributed by atoms with Gasteiger partial charge in [-0.15, -0.1) is 0 Å². The van der Waals surface area contributed by atoms with Gasteiger partial charge >= 0.3 is 0 Å². The van der Waals surface area contributed by atoms with Gasteiger partial charge in [0, 0.05) is 0 Å². The Kier molecular flexibility index (Phi) is 4.93. The molecule has 0 N–H and O–H groups in total. The summed E-state index contributed by atoms with van der Waals surface area (Å²) in [6.07, 6.45) is 4.04. The fraction of sp³-hybridized carbons (Fsp3) is 0.286. The Balaban J connectivity index is 0.00000169. The van der Waals surface area contributed by atoms with Crippen LogP contribution >= 0.6 is 0 Å². The molecule has 0 aliphatic rings. The van der Waals surface area contributed by atoms with E-state index in [-0.39, 0.29) is 7.43 Å². The summed E-state index contributed by atoms with van der Waals surface area (Å²) in [4.78, 5) is 0. The Morgan fingerprint density at radius 3 is 2.36 bits per heavy atom. The molecular formula is C14H20. The summed E-state index contributed by atoms with van der Waals surface area (Å²) in [6, 6.07) is 6.43. The molecule has 76 valence electrons. The normalized spacial score (nSPS) is 9.93. The molecule has 1 rings (SSSR count). The van der Waals surface area contributed by atoms with Crippen molar-refractivity contribution < 1.29 is 0 Å². The SMILES string of the molecule is C.C=C(/C=C/C)c1ccc(C)c(C)c1. The van der Waals surface area contributed by atoms with Gasteiger partial charge in [0.2, 0.25) is 0 Å². The highest BCUT2D eigenvalue weighted by Crippen LogP contribution is 2.17. The lowest BCUT2D eigenvalue weighted by Gasteiger charge is -2.04. The number of hydrogen-bond donors (Lipinski definition) is 0. The zero-order chi connectivity index (χ0) is 9.84. The highest BCUT2D eigenvalue weighted by atomic mass is 14.0. The van der Waals surface area contributed by atoms with Crippen LogP contribution in [-0.2, 0) is 0 Å².